The van der Waals surface area contributed by atoms with E-state index >= 15 is 0 Å². The fourth-order valence-electron chi connectivity index (χ4n) is 3.89. The molecule has 1 saturated carbocycles. The molecule has 3 rings (SSSR count). The predicted molar refractivity (Wildman–Crippen MR) is 82.1 cm³/mol. The van der Waals surface area contributed by atoms with Crippen molar-refractivity contribution in [2.75, 3.05) is 18.0 Å². The number of piperazine rings is 1. The van der Waals surface area contributed by atoms with E-state index in [0.29, 0.717) is 5.54 Å². The third kappa shape index (κ3) is 2.75. The van der Waals surface area contributed by atoms with Crippen molar-refractivity contribution < 1.29 is 0 Å². The van der Waals surface area contributed by atoms with Gasteiger partial charge in [0.05, 0.1) is 0 Å². The fourth-order valence-corrected chi connectivity index (χ4v) is 4.07. The summed E-state index contributed by atoms with van der Waals surface area (Å²) in [4.78, 5) is 2.51. The van der Waals surface area contributed by atoms with Crippen LogP contribution in [0.25, 0.3) is 0 Å². The average molecular weight is 279 g/mol. The quantitative estimate of drug-likeness (QED) is 0.840. The lowest BCUT2D eigenvalue weighted by atomic mass is 9.87. The highest BCUT2D eigenvalue weighted by molar-refractivity contribution is 6.30. The van der Waals surface area contributed by atoms with Crippen molar-refractivity contribution in [3.8, 4) is 0 Å². The van der Waals surface area contributed by atoms with E-state index in [2.05, 4.69) is 36.2 Å². The zero-order valence-electron chi connectivity index (χ0n) is 11.9. The summed E-state index contributed by atoms with van der Waals surface area (Å²) in [7, 11) is 0. The molecule has 3 heteroatoms. The van der Waals surface area contributed by atoms with Crippen molar-refractivity contribution in [1.29, 1.82) is 0 Å². The first-order valence-electron chi connectivity index (χ1n) is 7.28. The topological polar surface area (TPSA) is 15.3 Å². The Morgan fingerprint density at radius 3 is 2.58 bits per heavy atom. The summed E-state index contributed by atoms with van der Waals surface area (Å²) in [6, 6.07) is 8.26. The molecule has 0 radical (unpaired) electrons. The van der Waals surface area contributed by atoms with Crippen LogP contribution in [0.4, 0.5) is 5.69 Å². The number of rotatable bonds is 1. The Hall–Kier alpha value is -0.730. The number of nitrogens with one attached hydrogen (secondary N) is 1. The molecule has 0 unspecified atom stereocenters. The van der Waals surface area contributed by atoms with E-state index in [4.69, 9.17) is 11.6 Å². The fraction of sp³-hybridized carbons (Fsp3) is 0.625. The van der Waals surface area contributed by atoms with E-state index in [0.717, 1.165) is 18.1 Å². The summed E-state index contributed by atoms with van der Waals surface area (Å²) in [5, 5.41) is 4.74. The summed E-state index contributed by atoms with van der Waals surface area (Å²) in [6.45, 7) is 6.76. The van der Waals surface area contributed by atoms with Crippen LogP contribution in [0.15, 0.2) is 24.3 Å². The van der Waals surface area contributed by atoms with Gasteiger partial charge < -0.3 is 10.2 Å². The molecule has 1 N–H and O–H groups in total. The van der Waals surface area contributed by atoms with Gasteiger partial charge in [-0.3, -0.25) is 0 Å². The number of nitrogens with zero attached hydrogens (tertiary/aromatic N) is 1. The molecule has 0 atom stereocenters. The highest BCUT2D eigenvalue weighted by Gasteiger charge is 2.44. The molecule has 1 heterocycles. The molecule has 0 aromatic heterocycles. The van der Waals surface area contributed by atoms with Gasteiger partial charge >= 0.3 is 0 Å². The second kappa shape index (κ2) is 4.68. The molecule has 0 bridgehead atoms. The molecule has 1 aliphatic carbocycles. The van der Waals surface area contributed by atoms with Crippen LogP contribution in [-0.2, 0) is 0 Å². The second-order valence-electron chi connectivity index (χ2n) is 6.83. The van der Waals surface area contributed by atoms with Crippen LogP contribution < -0.4 is 10.2 Å². The van der Waals surface area contributed by atoms with E-state index in [1.54, 1.807) is 0 Å². The van der Waals surface area contributed by atoms with Gasteiger partial charge in [-0.25, -0.2) is 0 Å². The Labute approximate surface area is 121 Å². The third-order valence-electron chi connectivity index (χ3n) is 4.42. The molecule has 2 nitrogen and oxygen atoms in total. The largest absolute Gasteiger partial charge is 0.368 e. The van der Waals surface area contributed by atoms with Crippen molar-refractivity contribution in [2.45, 2.75) is 50.6 Å². The lowest BCUT2D eigenvalue weighted by Gasteiger charge is -2.51. The maximum absolute atomic E-state index is 6.14. The van der Waals surface area contributed by atoms with Gasteiger partial charge in [-0.15, -0.1) is 0 Å². The van der Waals surface area contributed by atoms with E-state index in [-0.39, 0.29) is 5.54 Å². The van der Waals surface area contributed by atoms with Crippen LogP contribution in [0.5, 0.6) is 0 Å². The van der Waals surface area contributed by atoms with Crippen LogP contribution in [0, 0.1) is 0 Å². The number of hydrogen-bond acceptors (Lipinski definition) is 2. The van der Waals surface area contributed by atoms with Crippen LogP contribution in [-0.4, -0.2) is 24.2 Å². The number of anilines is 1. The zero-order valence-corrected chi connectivity index (χ0v) is 12.6. The Morgan fingerprint density at radius 2 is 1.89 bits per heavy atom. The Kier molecular flexibility index (Phi) is 3.26. The van der Waals surface area contributed by atoms with Gasteiger partial charge in [0.25, 0.3) is 0 Å². The highest BCUT2D eigenvalue weighted by Crippen LogP contribution is 2.37. The zero-order chi connectivity index (χ0) is 13.5. The first-order valence-corrected chi connectivity index (χ1v) is 7.66. The minimum absolute atomic E-state index is 0.158. The lowest BCUT2D eigenvalue weighted by Crippen LogP contribution is -2.68. The maximum atomic E-state index is 6.14. The maximum Gasteiger partial charge on any atom is 0.0426 e. The summed E-state index contributed by atoms with van der Waals surface area (Å²) >= 11 is 6.14. The molecular weight excluding hydrogens is 256 g/mol. The van der Waals surface area contributed by atoms with Crippen LogP contribution >= 0.6 is 11.6 Å². The van der Waals surface area contributed by atoms with E-state index in [9.17, 15) is 0 Å². The number of halogens is 1. The average Bonchev–Trinajstić information content (AvgIpc) is 2.74. The monoisotopic (exact) mass is 278 g/mol. The first kappa shape index (κ1) is 13.3. The molecule has 1 aliphatic heterocycles. The lowest BCUT2D eigenvalue weighted by molar-refractivity contribution is 0.197. The normalized spacial score (nSPS) is 24.9. The number of benzene rings is 1. The summed E-state index contributed by atoms with van der Waals surface area (Å²) in [6.07, 6.45) is 5.31. The van der Waals surface area contributed by atoms with E-state index in [1.165, 1.54) is 31.4 Å². The molecule has 104 valence electrons. The molecule has 0 amide bonds. The summed E-state index contributed by atoms with van der Waals surface area (Å²) < 4.78 is 0. The van der Waals surface area contributed by atoms with Crippen molar-refractivity contribution in [2.24, 2.45) is 0 Å². The second-order valence-corrected chi connectivity index (χ2v) is 7.27. The van der Waals surface area contributed by atoms with Crippen molar-refractivity contribution in [3.05, 3.63) is 29.3 Å². The molecule has 1 saturated heterocycles. The van der Waals surface area contributed by atoms with E-state index in [1.807, 2.05) is 12.1 Å². The SMILES string of the molecule is CC1(C)CN(c2cccc(Cl)c2)CC2(CCCC2)N1. The van der Waals surface area contributed by atoms with Crippen molar-refractivity contribution in [3.63, 3.8) is 0 Å². The van der Waals surface area contributed by atoms with Gasteiger partial charge in [0.15, 0.2) is 0 Å². The Morgan fingerprint density at radius 1 is 1.16 bits per heavy atom. The molecule has 1 spiro atoms. The number of hydrogen-bond donors (Lipinski definition) is 1. The van der Waals surface area contributed by atoms with Crippen molar-refractivity contribution >= 4 is 17.3 Å². The Bertz CT molecular complexity index is 464. The van der Waals surface area contributed by atoms with Crippen LogP contribution in [0.3, 0.4) is 0 Å². The summed E-state index contributed by atoms with van der Waals surface area (Å²) in [5.74, 6) is 0. The predicted octanol–water partition coefficient (Wildman–Crippen LogP) is 3.84. The molecule has 2 aliphatic rings. The molecule has 1 aromatic carbocycles. The summed E-state index contributed by atoms with van der Waals surface area (Å²) in [5.41, 5.74) is 1.72. The van der Waals surface area contributed by atoms with Gasteiger partial charge in [0, 0.05) is 34.9 Å². The molecule has 1 aromatic rings. The standard InChI is InChI=1S/C16H23ClN2/c1-15(2)11-19(14-7-5-6-13(17)10-14)12-16(18-15)8-3-4-9-16/h5-7,10,18H,3-4,8-9,11-12H2,1-2H3. The Balaban J connectivity index is 1.89. The van der Waals surface area contributed by atoms with Gasteiger partial charge in [-0.1, -0.05) is 30.5 Å². The van der Waals surface area contributed by atoms with Gasteiger partial charge in [0.2, 0.25) is 0 Å². The minimum atomic E-state index is 0.158. The molecule has 19 heavy (non-hydrogen) atoms. The third-order valence-corrected chi connectivity index (χ3v) is 4.65. The van der Waals surface area contributed by atoms with Gasteiger partial charge in [-0.2, -0.15) is 0 Å². The smallest absolute Gasteiger partial charge is 0.0426 e. The minimum Gasteiger partial charge on any atom is -0.368 e. The van der Waals surface area contributed by atoms with Gasteiger partial charge in [-0.05, 0) is 44.9 Å². The molecular formula is C16H23ClN2. The molecule has 2 fully saturated rings. The highest BCUT2D eigenvalue weighted by atomic mass is 35.5. The first-order chi connectivity index (χ1) is 8.98. The van der Waals surface area contributed by atoms with Crippen LogP contribution in [0.2, 0.25) is 5.02 Å². The van der Waals surface area contributed by atoms with Crippen LogP contribution in [0.1, 0.15) is 39.5 Å². The van der Waals surface area contributed by atoms with E-state index < -0.39 is 0 Å². The van der Waals surface area contributed by atoms with Crippen molar-refractivity contribution in [1.82, 2.24) is 5.32 Å². The van der Waals surface area contributed by atoms with Gasteiger partial charge in [0.1, 0.15) is 0 Å².